The van der Waals surface area contributed by atoms with Gasteiger partial charge in [-0.15, -0.1) is 0 Å². The van der Waals surface area contributed by atoms with Crippen molar-refractivity contribution in [2.75, 3.05) is 20.3 Å². The molecular weight excluding hydrogens is 358 g/mol. The van der Waals surface area contributed by atoms with Gasteiger partial charge in [-0.3, -0.25) is 5.32 Å². The Kier molecular flexibility index (Phi) is 5.86. The van der Waals surface area contributed by atoms with Crippen molar-refractivity contribution in [3.8, 4) is 0 Å². The third kappa shape index (κ3) is 3.69. The van der Waals surface area contributed by atoms with E-state index >= 15 is 0 Å². The van der Waals surface area contributed by atoms with E-state index in [0.717, 1.165) is 0 Å². The molecule has 3 atom stereocenters. The molecular formula is C21H29N3O4. The zero-order valence-electron chi connectivity index (χ0n) is 17.2. The fourth-order valence-electron chi connectivity index (χ4n) is 3.28. The normalized spacial score (nSPS) is 27.0. The fourth-order valence-corrected chi connectivity index (χ4v) is 3.28. The SMILES string of the molecule is C=C(C(=O)OC)C1(c2cccc(C3=N[C@@H](C(C)C)CO3)n2)N[C@@H](C(C)C)CO1. The van der Waals surface area contributed by atoms with Gasteiger partial charge in [-0.25, -0.2) is 14.8 Å². The van der Waals surface area contributed by atoms with E-state index in [0.29, 0.717) is 42.3 Å². The molecule has 0 bridgehead atoms. The first kappa shape index (κ1) is 20.5. The van der Waals surface area contributed by atoms with Crippen LogP contribution in [0.1, 0.15) is 39.1 Å². The number of nitrogens with one attached hydrogen (secondary N) is 1. The van der Waals surface area contributed by atoms with Crippen LogP contribution >= 0.6 is 0 Å². The number of hydrogen-bond donors (Lipinski definition) is 1. The minimum Gasteiger partial charge on any atom is -0.474 e. The third-order valence-electron chi connectivity index (χ3n) is 5.30. The number of nitrogens with zero attached hydrogens (tertiary/aromatic N) is 2. The number of aromatic nitrogens is 1. The van der Waals surface area contributed by atoms with Gasteiger partial charge >= 0.3 is 5.97 Å². The van der Waals surface area contributed by atoms with Gasteiger partial charge in [0.15, 0.2) is 5.72 Å². The molecule has 7 heteroatoms. The summed E-state index contributed by atoms with van der Waals surface area (Å²) < 4.78 is 16.8. The van der Waals surface area contributed by atoms with Crippen LogP contribution in [-0.2, 0) is 24.7 Å². The van der Waals surface area contributed by atoms with Crippen molar-refractivity contribution in [1.29, 1.82) is 0 Å². The first-order chi connectivity index (χ1) is 13.3. The molecule has 3 heterocycles. The van der Waals surface area contributed by atoms with Crippen molar-refractivity contribution in [2.45, 2.75) is 45.5 Å². The fraction of sp³-hybridized carbons (Fsp3) is 0.571. The summed E-state index contributed by atoms with van der Waals surface area (Å²) in [5.41, 5.74) is 0.0605. The smallest absolute Gasteiger partial charge is 0.337 e. The first-order valence-electron chi connectivity index (χ1n) is 9.66. The molecule has 152 valence electrons. The zero-order valence-corrected chi connectivity index (χ0v) is 17.2. The molecule has 1 N–H and O–H groups in total. The van der Waals surface area contributed by atoms with Gasteiger partial charge in [0.2, 0.25) is 5.90 Å². The van der Waals surface area contributed by atoms with E-state index in [1.807, 2.05) is 18.2 Å². The molecule has 0 radical (unpaired) electrons. The lowest BCUT2D eigenvalue weighted by molar-refractivity contribution is -0.139. The molecule has 1 aromatic rings. The molecule has 2 aliphatic heterocycles. The van der Waals surface area contributed by atoms with E-state index in [9.17, 15) is 4.79 Å². The maximum atomic E-state index is 12.3. The highest BCUT2D eigenvalue weighted by molar-refractivity contribution is 5.93. The number of hydrogen-bond acceptors (Lipinski definition) is 7. The summed E-state index contributed by atoms with van der Waals surface area (Å²) in [5.74, 6) is 0.666. The molecule has 0 saturated carbocycles. The number of carbonyl (C=O) groups is 1. The van der Waals surface area contributed by atoms with Crippen LogP contribution < -0.4 is 5.32 Å². The Balaban J connectivity index is 1.99. The predicted octanol–water partition coefficient (Wildman–Crippen LogP) is 2.41. The molecule has 1 aromatic heterocycles. The Morgan fingerprint density at radius 2 is 2.04 bits per heavy atom. The lowest BCUT2D eigenvalue weighted by atomic mass is 9.97. The summed E-state index contributed by atoms with van der Waals surface area (Å²) in [7, 11) is 1.33. The molecule has 0 aliphatic carbocycles. The van der Waals surface area contributed by atoms with Gasteiger partial charge in [0.05, 0.1) is 31.0 Å². The van der Waals surface area contributed by atoms with Gasteiger partial charge in [-0.05, 0) is 24.0 Å². The van der Waals surface area contributed by atoms with Crippen LogP contribution in [0.2, 0.25) is 0 Å². The largest absolute Gasteiger partial charge is 0.474 e. The highest BCUT2D eigenvalue weighted by Gasteiger charge is 2.48. The molecule has 1 saturated heterocycles. The van der Waals surface area contributed by atoms with Crippen LogP contribution in [0.5, 0.6) is 0 Å². The number of rotatable bonds is 6. The Morgan fingerprint density at radius 1 is 1.29 bits per heavy atom. The van der Waals surface area contributed by atoms with Crippen LogP contribution in [0.4, 0.5) is 0 Å². The molecule has 1 unspecified atom stereocenters. The molecule has 0 spiro atoms. The zero-order chi connectivity index (χ0) is 20.5. The van der Waals surface area contributed by atoms with Crippen molar-refractivity contribution in [1.82, 2.24) is 10.3 Å². The molecule has 0 aromatic carbocycles. The van der Waals surface area contributed by atoms with Gasteiger partial charge in [0.25, 0.3) is 0 Å². The second-order valence-corrected chi connectivity index (χ2v) is 7.92. The average molecular weight is 387 g/mol. The van der Waals surface area contributed by atoms with Crippen LogP contribution in [0.25, 0.3) is 0 Å². The maximum absolute atomic E-state index is 12.3. The number of carbonyl (C=O) groups excluding carboxylic acids is 1. The lowest BCUT2D eigenvalue weighted by Gasteiger charge is -2.30. The molecule has 7 nitrogen and oxygen atoms in total. The molecule has 28 heavy (non-hydrogen) atoms. The van der Waals surface area contributed by atoms with Gasteiger partial charge in [-0.1, -0.05) is 40.3 Å². The minimum absolute atomic E-state index is 0.0530. The second-order valence-electron chi connectivity index (χ2n) is 7.92. The van der Waals surface area contributed by atoms with E-state index in [4.69, 9.17) is 19.2 Å². The minimum atomic E-state index is -1.24. The number of aliphatic imine (C=N–C) groups is 1. The number of esters is 1. The first-order valence-corrected chi connectivity index (χ1v) is 9.66. The summed E-state index contributed by atoms with van der Waals surface area (Å²) in [5, 5.41) is 3.41. The summed E-state index contributed by atoms with van der Waals surface area (Å²) in [6.07, 6.45) is 0. The molecule has 3 rings (SSSR count). The highest BCUT2D eigenvalue weighted by atomic mass is 16.5. The van der Waals surface area contributed by atoms with Crippen molar-refractivity contribution in [3.05, 3.63) is 41.7 Å². The predicted molar refractivity (Wildman–Crippen MR) is 106 cm³/mol. The van der Waals surface area contributed by atoms with Gasteiger partial charge in [-0.2, -0.15) is 0 Å². The highest BCUT2D eigenvalue weighted by Crippen LogP contribution is 2.36. The van der Waals surface area contributed by atoms with Crippen molar-refractivity contribution in [3.63, 3.8) is 0 Å². The number of methoxy groups -OCH3 is 1. The Labute approximate surface area is 166 Å². The van der Waals surface area contributed by atoms with Crippen LogP contribution in [0.3, 0.4) is 0 Å². The lowest BCUT2D eigenvalue weighted by Crippen LogP contribution is -2.47. The summed E-state index contributed by atoms with van der Waals surface area (Å²) in [6.45, 7) is 13.3. The van der Waals surface area contributed by atoms with E-state index in [1.165, 1.54) is 7.11 Å². The molecule has 0 amide bonds. The van der Waals surface area contributed by atoms with E-state index < -0.39 is 11.7 Å². The number of ether oxygens (including phenoxy) is 3. The monoisotopic (exact) mass is 387 g/mol. The van der Waals surface area contributed by atoms with Gasteiger partial charge in [0.1, 0.15) is 12.3 Å². The third-order valence-corrected chi connectivity index (χ3v) is 5.30. The summed E-state index contributed by atoms with van der Waals surface area (Å²) in [4.78, 5) is 21.7. The van der Waals surface area contributed by atoms with E-state index in [-0.39, 0.29) is 17.7 Å². The Bertz CT molecular complexity index is 790. The standard InChI is InChI=1S/C21H29N3O4/c1-12(2)16-10-27-19(23-16)15-8-7-9-18(22-15)21(14(5)20(25)26-6)24-17(11-28-21)13(3)4/h7-9,12-13,16-17,24H,5,10-11H2,1-4,6H3/t16-,17-,21?/m1/s1. The van der Waals surface area contributed by atoms with Crippen LogP contribution in [0.15, 0.2) is 35.3 Å². The van der Waals surface area contributed by atoms with Crippen molar-refractivity contribution < 1.29 is 19.0 Å². The topological polar surface area (TPSA) is 82.0 Å². The van der Waals surface area contributed by atoms with Crippen LogP contribution in [0, 0.1) is 11.8 Å². The van der Waals surface area contributed by atoms with Gasteiger partial charge < -0.3 is 14.2 Å². The Hall–Kier alpha value is -2.25. The van der Waals surface area contributed by atoms with Crippen LogP contribution in [-0.4, -0.2) is 49.3 Å². The maximum Gasteiger partial charge on any atom is 0.337 e. The molecule has 1 fully saturated rings. The summed E-state index contributed by atoms with van der Waals surface area (Å²) >= 11 is 0. The van der Waals surface area contributed by atoms with E-state index in [2.05, 4.69) is 44.6 Å². The van der Waals surface area contributed by atoms with Gasteiger partial charge in [0, 0.05) is 6.04 Å². The summed E-state index contributed by atoms with van der Waals surface area (Å²) in [6, 6.07) is 5.67. The van der Waals surface area contributed by atoms with E-state index in [1.54, 1.807) is 0 Å². The second kappa shape index (κ2) is 8.01. The molecule has 2 aliphatic rings. The number of pyridine rings is 1. The van der Waals surface area contributed by atoms with Crippen molar-refractivity contribution >= 4 is 11.9 Å². The quantitative estimate of drug-likeness (QED) is 0.596. The average Bonchev–Trinajstić information content (AvgIpc) is 3.35. The van der Waals surface area contributed by atoms with Crippen molar-refractivity contribution in [2.24, 2.45) is 16.8 Å². The Morgan fingerprint density at radius 3 is 2.61 bits per heavy atom.